The van der Waals surface area contributed by atoms with Crippen LogP contribution in [0.15, 0.2) is 47.6 Å². The summed E-state index contributed by atoms with van der Waals surface area (Å²) in [6, 6.07) is 13.1. The lowest BCUT2D eigenvalue weighted by Gasteiger charge is -2.14. The quantitative estimate of drug-likeness (QED) is 0.575. The third-order valence-corrected chi connectivity index (χ3v) is 3.13. The average molecular weight is 333 g/mol. The van der Waals surface area contributed by atoms with Crippen LogP contribution < -0.4 is 14.9 Å². The molecule has 0 amide bonds. The van der Waals surface area contributed by atoms with E-state index >= 15 is 0 Å². The summed E-state index contributed by atoms with van der Waals surface area (Å²) >= 11 is 5.85. The summed E-state index contributed by atoms with van der Waals surface area (Å²) < 4.78 is 11.4. The Morgan fingerprint density at radius 3 is 2.52 bits per heavy atom. The van der Waals surface area contributed by atoms with Gasteiger partial charge < -0.3 is 9.47 Å². The molecule has 0 fully saturated rings. The van der Waals surface area contributed by atoms with E-state index < -0.39 is 0 Å². The van der Waals surface area contributed by atoms with Crippen LogP contribution in [-0.4, -0.2) is 18.9 Å². The molecule has 0 aliphatic heterocycles. The number of nitrogens with zero attached hydrogens (tertiary/aromatic N) is 1. The van der Waals surface area contributed by atoms with Crippen molar-refractivity contribution < 1.29 is 9.47 Å². The number of anilines is 1. The highest BCUT2D eigenvalue weighted by molar-refractivity contribution is 6.30. The molecule has 0 bridgehead atoms. The number of ether oxygens (including phenoxy) is 2. The molecule has 0 spiro atoms. The minimum atomic E-state index is 0.0975. The van der Waals surface area contributed by atoms with E-state index in [4.69, 9.17) is 21.1 Å². The number of rotatable bonds is 7. The first-order chi connectivity index (χ1) is 11.1. The lowest BCUT2D eigenvalue weighted by molar-refractivity contribution is 0.224. The van der Waals surface area contributed by atoms with Gasteiger partial charge in [-0.15, -0.1) is 0 Å². The maximum atomic E-state index is 5.85. The maximum Gasteiger partial charge on any atom is 0.161 e. The van der Waals surface area contributed by atoms with Crippen molar-refractivity contribution in [2.45, 2.75) is 26.9 Å². The SMILES string of the molecule is CCOc1cc(/C=N\Nc2ccc(Cl)cc2)ccc1OC(C)C. The van der Waals surface area contributed by atoms with Crippen LogP contribution in [0.3, 0.4) is 0 Å². The molecular formula is C18H21ClN2O2. The lowest BCUT2D eigenvalue weighted by Crippen LogP contribution is -2.07. The Balaban J connectivity index is 2.08. The summed E-state index contributed by atoms with van der Waals surface area (Å²) in [6.45, 7) is 6.50. The molecule has 4 nitrogen and oxygen atoms in total. The van der Waals surface area contributed by atoms with Gasteiger partial charge in [0.15, 0.2) is 11.5 Å². The van der Waals surface area contributed by atoms with Crippen molar-refractivity contribution in [2.24, 2.45) is 5.10 Å². The Hall–Kier alpha value is -2.20. The molecule has 0 aliphatic rings. The van der Waals surface area contributed by atoms with Gasteiger partial charge >= 0.3 is 0 Å². The molecule has 0 aromatic heterocycles. The normalized spacial score (nSPS) is 11.0. The molecule has 122 valence electrons. The van der Waals surface area contributed by atoms with Crippen molar-refractivity contribution in [1.82, 2.24) is 0 Å². The second kappa shape index (κ2) is 8.44. The molecule has 0 unspecified atom stereocenters. The van der Waals surface area contributed by atoms with Gasteiger partial charge in [0.05, 0.1) is 24.6 Å². The van der Waals surface area contributed by atoms with Gasteiger partial charge in [-0.2, -0.15) is 5.10 Å². The number of halogens is 1. The van der Waals surface area contributed by atoms with Crippen molar-refractivity contribution >= 4 is 23.5 Å². The van der Waals surface area contributed by atoms with Crippen LogP contribution in [0.2, 0.25) is 5.02 Å². The summed E-state index contributed by atoms with van der Waals surface area (Å²) in [6.07, 6.45) is 1.83. The molecular weight excluding hydrogens is 312 g/mol. The Labute approximate surface area is 142 Å². The van der Waals surface area contributed by atoms with Gasteiger partial charge in [-0.3, -0.25) is 5.43 Å². The standard InChI is InChI=1S/C18H21ClN2O2/c1-4-22-18-11-14(5-10-17(18)23-13(2)3)12-20-21-16-8-6-15(19)7-9-16/h5-13,21H,4H2,1-3H3/b20-12-. The lowest BCUT2D eigenvalue weighted by atomic mass is 10.2. The third kappa shape index (κ3) is 5.49. The fourth-order valence-electron chi connectivity index (χ4n) is 1.93. The maximum absolute atomic E-state index is 5.85. The molecule has 5 heteroatoms. The fraction of sp³-hybridized carbons (Fsp3) is 0.278. The van der Waals surface area contributed by atoms with E-state index in [0.29, 0.717) is 11.6 Å². The van der Waals surface area contributed by atoms with E-state index in [9.17, 15) is 0 Å². The molecule has 0 radical (unpaired) electrons. The van der Waals surface area contributed by atoms with Crippen LogP contribution in [0.5, 0.6) is 11.5 Å². The molecule has 23 heavy (non-hydrogen) atoms. The first-order valence-corrected chi connectivity index (χ1v) is 7.94. The van der Waals surface area contributed by atoms with E-state index in [-0.39, 0.29) is 6.10 Å². The first-order valence-electron chi connectivity index (χ1n) is 7.56. The first kappa shape index (κ1) is 17.2. The van der Waals surface area contributed by atoms with Crippen molar-refractivity contribution in [3.05, 3.63) is 53.1 Å². The zero-order valence-electron chi connectivity index (χ0n) is 13.5. The van der Waals surface area contributed by atoms with Gasteiger partial charge in [0.25, 0.3) is 0 Å². The Kier molecular flexibility index (Phi) is 6.29. The fourth-order valence-corrected chi connectivity index (χ4v) is 2.06. The number of hydrogen-bond donors (Lipinski definition) is 1. The zero-order chi connectivity index (χ0) is 16.7. The predicted molar refractivity (Wildman–Crippen MR) is 96.0 cm³/mol. The number of benzene rings is 2. The van der Waals surface area contributed by atoms with Gasteiger partial charge in [0.1, 0.15) is 0 Å². The molecule has 0 atom stereocenters. The van der Waals surface area contributed by atoms with Crippen LogP contribution in [0, 0.1) is 0 Å². The van der Waals surface area contributed by atoms with E-state index in [1.54, 1.807) is 6.21 Å². The minimum Gasteiger partial charge on any atom is -0.490 e. The topological polar surface area (TPSA) is 42.8 Å². The molecule has 0 heterocycles. The van der Waals surface area contributed by atoms with Crippen molar-refractivity contribution in [2.75, 3.05) is 12.0 Å². The highest BCUT2D eigenvalue weighted by Crippen LogP contribution is 2.29. The summed E-state index contributed by atoms with van der Waals surface area (Å²) in [7, 11) is 0. The zero-order valence-corrected chi connectivity index (χ0v) is 14.3. The monoisotopic (exact) mass is 332 g/mol. The second-order valence-corrected chi connectivity index (χ2v) is 5.62. The van der Waals surface area contributed by atoms with Gasteiger partial charge in [0.2, 0.25) is 0 Å². The summed E-state index contributed by atoms with van der Waals surface area (Å²) in [5.41, 5.74) is 4.75. The van der Waals surface area contributed by atoms with Crippen LogP contribution in [-0.2, 0) is 0 Å². The highest BCUT2D eigenvalue weighted by atomic mass is 35.5. The van der Waals surface area contributed by atoms with Gasteiger partial charge in [-0.1, -0.05) is 11.6 Å². The molecule has 1 N–H and O–H groups in total. The van der Waals surface area contributed by atoms with Gasteiger partial charge in [-0.05, 0) is 68.8 Å². The van der Waals surface area contributed by atoms with Crippen molar-refractivity contribution in [1.29, 1.82) is 0 Å². The van der Waals surface area contributed by atoms with Crippen molar-refractivity contribution in [3.8, 4) is 11.5 Å². The highest BCUT2D eigenvalue weighted by Gasteiger charge is 2.07. The molecule has 0 saturated heterocycles. The minimum absolute atomic E-state index is 0.0975. The van der Waals surface area contributed by atoms with Gasteiger partial charge in [-0.25, -0.2) is 0 Å². The number of hydrazone groups is 1. The Morgan fingerprint density at radius 1 is 1.13 bits per heavy atom. The average Bonchev–Trinajstić information content (AvgIpc) is 2.51. The van der Waals surface area contributed by atoms with E-state index in [2.05, 4.69) is 10.5 Å². The van der Waals surface area contributed by atoms with Crippen LogP contribution in [0.25, 0.3) is 0 Å². The van der Waals surface area contributed by atoms with Crippen LogP contribution >= 0.6 is 11.6 Å². The number of nitrogens with one attached hydrogen (secondary N) is 1. The molecule has 2 aromatic rings. The molecule has 0 aliphatic carbocycles. The summed E-state index contributed by atoms with van der Waals surface area (Å²) in [5, 5.41) is 4.91. The largest absolute Gasteiger partial charge is 0.490 e. The summed E-state index contributed by atoms with van der Waals surface area (Å²) in [5.74, 6) is 1.46. The van der Waals surface area contributed by atoms with Gasteiger partial charge in [0, 0.05) is 5.02 Å². The Bertz CT molecular complexity index is 655. The third-order valence-electron chi connectivity index (χ3n) is 2.88. The molecule has 2 aromatic carbocycles. The predicted octanol–water partition coefficient (Wildman–Crippen LogP) is 4.97. The Morgan fingerprint density at radius 2 is 1.87 bits per heavy atom. The van der Waals surface area contributed by atoms with Crippen LogP contribution in [0.1, 0.15) is 26.3 Å². The summed E-state index contributed by atoms with van der Waals surface area (Å²) in [4.78, 5) is 0. The van der Waals surface area contributed by atoms with E-state index in [1.807, 2.05) is 63.2 Å². The second-order valence-electron chi connectivity index (χ2n) is 5.18. The molecule has 0 saturated carbocycles. The van der Waals surface area contributed by atoms with E-state index in [1.165, 1.54) is 0 Å². The van der Waals surface area contributed by atoms with E-state index in [0.717, 1.165) is 22.7 Å². The van der Waals surface area contributed by atoms with Crippen molar-refractivity contribution in [3.63, 3.8) is 0 Å². The van der Waals surface area contributed by atoms with Crippen LogP contribution in [0.4, 0.5) is 5.69 Å². The smallest absolute Gasteiger partial charge is 0.161 e. The number of hydrogen-bond acceptors (Lipinski definition) is 4. The molecule has 2 rings (SSSR count).